The average Bonchev–Trinajstić information content (AvgIpc) is 2.29. The summed E-state index contributed by atoms with van der Waals surface area (Å²) in [5.74, 6) is 0. The van der Waals surface area contributed by atoms with Gasteiger partial charge < -0.3 is 5.32 Å². The molecule has 0 saturated heterocycles. The molecule has 0 saturated carbocycles. The van der Waals surface area contributed by atoms with Gasteiger partial charge in [-0.2, -0.15) is 0 Å². The van der Waals surface area contributed by atoms with E-state index in [2.05, 4.69) is 56.6 Å². The predicted molar refractivity (Wildman–Crippen MR) is 70.8 cm³/mol. The molecule has 0 amide bonds. The van der Waals surface area contributed by atoms with Crippen LogP contribution in [0, 0.1) is 0 Å². The Morgan fingerprint density at radius 1 is 1.27 bits per heavy atom. The van der Waals surface area contributed by atoms with Gasteiger partial charge in [0, 0.05) is 16.1 Å². The van der Waals surface area contributed by atoms with Crippen LogP contribution >= 0.6 is 11.8 Å². The van der Waals surface area contributed by atoms with E-state index in [1.54, 1.807) is 11.8 Å². The van der Waals surface area contributed by atoms with Crippen molar-refractivity contribution in [2.75, 3.05) is 11.6 Å². The van der Waals surface area contributed by atoms with Gasteiger partial charge in [-0.1, -0.05) is 19.9 Å². The molecule has 0 aliphatic heterocycles. The molecule has 0 aliphatic carbocycles. The second-order valence-electron chi connectivity index (χ2n) is 4.12. The van der Waals surface area contributed by atoms with Crippen LogP contribution in [0.5, 0.6) is 0 Å². The van der Waals surface area contributed by atoms with Gasteiger partial charge in [0.2, 0.25) is 0 Å². The van der Waals surface area contributed by atoms with Crippen LogP contribution in [0.4, 0.5) is 5.69 Å². The first kappa shape index (κ1) is 12.4. The van der Waals surface area contributed by atoms with Crippen molar-refractivity contribution in [3.8, 4) is 0 Å². The van der Waals surface area contributed by atoms with Gasteiger partial charge in [-0.3, -0.25) is 0 Å². The van der Waals surface area contributed by atoms with Crippen LogP contribution in [-0.2, 0) is 0 Å². The maximum Gasteiger partial charge on any atom is 0.0355 e. The standard InChI is InChI=1S/C13H21NS/c1-5-13(3,6-2)14-11-8-7-9-12(10-11)15-4/h7-10,14H,5-6H2,1-4H3. The monoisotopic (exact) mass is 223 g/mol. The Balaban J connectivity index is 2.79. The number of hydrogen-bond donors (Lipinski definition) is 1. The molecule has 0 unspecified atom stereocenters. The largest absolute Gasteiger partial charge is 0.380 e. The quantitative estimate of drug-likeness (QED) is 0.743. The van der Waals surface area contributed by atoms with Gasteiger partial charge in [0.1, 0.15) is 0 Å². The van der Waals surface area contributed by atoms with Gasteiger partial charge >= 0.3 is 0 Å². The molecule has 0 heterocycles. The zero-order chi connectivity index (χ0) is 11.3. The molecule has 2 heteroatoms. The highest BCUT2D eigenvalue weighted by molar-refractivity contribution is 7.98. The molecule has 1 aromatic carbocycles. The van der Waals surface area contributed by atoms with Crippen molar-refractivity contribution in [2.24, 2.45) is 0 Å². The molecule has 0 radical (unpaired) electrons. The number of thioether (sulfide) groups is 1. The summed E-state index contributed by atoms with van der Waals surface area (Å²) in [6.07, 6.45) is 4.40. The lowest BCUT2D eigenvalue weighted by Crippen LogP contribution is -2.32. The maximum absolute atomic E-state index is 3.62. The minimum atomic E-state index is 0.219. The minimum Gasteiger partial charge on any atom is -0.380 e. The lowest BCUT2D eigenvalue weighted by atomic mass is 9.95. The molecule has 0 bridgehead atoms. The smallest absolute Gasteiger partial charge is 0.0355 e. The SMILES string of the molecule is CCC(C)(CC)Nc1cccc(SC)c1. The molecule has 0 atom stereocenters. The summed E-state index contributed by atoms with van der Waals surface area (Å²) < 4.78 is 0. The highest BCUT2D eigenvalue weighted by Crippen LogP contribution is 2.24. The van der Waals surface area contributed by atoms with E-state index < -0.39 is 0 Å². The number of benzene rings is 1. The molecule has 0 aromatic heterocycles. The van der Waals surface area contributed by atoms with Crippen molar-refractivity contribution in [3.05, 3.63) is 24.3 Å². The van der Waals surface area contributed by atoms with E-state index in [0.717, 1.165) is 12.8 Å². The number of nitrogens with one attached hydrogen (secondary N) is 1. The summed E-state index contributed by atoms with van der Waals surface area (Å²) in [4.78, 5) is 1.31. The van der Waals surface area contributed by atoms with E-state index in [0.29, 0.717) is 0 Å². The molecule has 0 fully saturated rings. The van der Waals surface area contributed by atoms with Gasteiger partial charge in [-0.25, -0.2) is 0 Å². The Kier molecular flexibility index (Phi) is 4.52. The molecule has 1 nitrogen and oxygen atoms in total. The van der Waals surface area contributed by atoms with Crippen molar-refractivity contribution in [1.29, 1.82) is 0 Å². The topological polar surface area (TPSA) is 12.0 Å². The summed E-state index contributed by atoms with van der Waals surface area (Å²) in [6, 6.07) is 8.61. The molecule has 1 aromatic rings. The van der Waals surface area contributed by atoms with E-state index in [1.165, 1.54) is 10.6 Å². The van der Waals surface area contributed by atoms with Crippen LogP contribution in [0.1, 0.15) is 33.6 Å². The first-order valence-corrected chi connectivity index (χ1v) is 6.78. The third-order valence-electron chi connectivity index (χ3n) is 3.08. The Hall–Kier alpha value is -0.630. The highest BCUT2D eigenvalue weighted by atomic mass is 32.2. The summed E-state index contributed by atoms with van der Waals surface area (Å²) in [5, 5.41) is 3.62. The second-order valence-corrected chi connectivity index (χ2v) is 5.00. The van der Waals surface area contributed by atoms with Crippen LogP contribution in [0.2, 0.25) is 0 Å². The molecule has 0 spiro atoms. The summed E-state index contributed by atoms with van der Waals surface area (Å²) in [6.45, 7) is 6.74. The van der Waals surface area contributed by atoms with E-state index in [4.69, 9.17) is 0 Å². The normalized spacial score (nSPS) is 11.5. The van der Waals surface area contributed by atoms with E-state index >= 15 is 0 Å². The highest BCUT2D eigenvalue weighted by Gasteiger charge is 2.18. The van der Waals surface area contributed by atoms with E-state index in [-0.39, 0.29) is 5.54 Å². The summed E-state index contributed by atoms with van der Waals surface area (Å²) in [5.41, 5.74) is 1.45. The van der Waals surface area contributed by atoms with Gasteiger partial charge in [-0.15, -0.1) is 11.8 Å². The van der Waals surface area contributed by atoms with Crippen LogP contribution in [0.25, 0.3) is 0 Å². The third kappa shape index (κ3) is 3.45. The van der Waals surface area contributed by atoms with Crippen LogP contribution in [0.15, 0.2) is 29.2 Å². The van der Waals surface area contributed by atoms with Crippen molar-refractivity contribution < 1.29 is 0 Å². The summed E-state index contributed by atoms with van der Waals surface area (Å²) >= 11 is 1.78. The van der Waals surface area contributed by atoms with Crippen LogP contribution in [0.3, 0.4) is 0 Å². The summed E-state index contributed by atoms with van der Waals surface area (Å²) in [7, 11) is 0. The van der Waals surface area contributed by atoms with Crippen LogP contribution in [-0.4, -0.2) is 11.8 Å². The molecule has 1 N–H and O–H groups in total. The van der Waals surface area contributed by atoms with Crippen LogP contribution < -0.4 is 5.32 Å². The zero-order valence-corrected chi connectivity index (χ0v) is 10.9. The lowest BCUT2D eigenvalue weighted by molar-refractivity contribution is 0.478. The first-order valence-electron chi connectivity index (χ1n) is 5.56. The Labute approximate surface area is 97.7 Å². The third-order valence-corrected chi connectivity index (χ3v) is 3.80. The number of hydrogen-bond acceptors (Lipinski definition) is 2. The maximum atomic E-state index is 3.62. The molecule has 15 heavy (non-hydrogen) atoms. The Morgan fingerprint density at radius 3 is 2.47 bits per heavy atom. The lowest BCUT2D eigenvalue weighted by Gasteiger charge is -2.29. The minimum absolute atomic E-state index is 0.219. The van der Waals surface area contributed by atoms with Crippen molar-refractivity contribution in [3.63, 3.8) is 0 Å². The van der Waals surface area contributed by atoms with E-state index in [1.807, 2.05) is 0 Å². The fraction of sp³-hybridized carbons (Fsp3) is 0.538. The molecule has 0 aliphatic rings. The van der Waals surface area contributed by atoms with Gasteiger partial charge in [0.05, 0.1) is 0 Å². The Morgan fingerprint density at radius 2 is 1.93 bits per heavy atom. The molecule has 84 valence electrons. The van der Waals surface area contributed by atoms with Crippen molar-refractivity contribution >= 4 is 17.4 Å². The average molecular weight is 223 g/mol. The second kappa shape index (κ2) is 5.45. The van der Waals surface area contributed by atoms with Crippen molar-refractivity contribution in [1.82, 2.24) is 0 Å². The molecule has 1 rings (SSSR count). The predicted octanol–water partition coefficient (Wildman–Crippen LogP) is 4.40. The van der Waals surface area contributed by atoms with Gasteiger partial charge in [0.25, 0.3) is 0 Å². The fourth-order valence-electron chi connectivity index (χ4n) is 1.48. The van der Waals surface area contributed by atoms with E-state index in [9.17, 15) is 0 Å². The zero-order valence-electron chi connectivity index (χ0n) is 10.1. The van der Waals surface area contributed by atoms with Gasteiger partial charge in [0.15, 0.2) is 0 Å². The molecular weight excluding hydrogens is 202 g/mol. The molecular formula is C13H21NS. The fourth-order valence-corrected chi connectivity index (χ4v) is 1.94. The first-order chi connectivity index (χ1) is 7.13. The van der Waals surface area contributed by atoms with Crippen molar-refractivity contribution in [2.45, 2.75) is 44.0 Å². The number of rotatable bonds is 5. The number of anilines is 1. The van der Waals surface area contributed by atoms with Gasteiger partial charge in [-0.05, 0) is 44.2 Å². The Bertz CT molecular complexity index is 305.